The number of hydrogen-bond donors (Lipinski definition) is 1. The van der Waals surface area contributed by atoms with Crippen LogP contribution in [0.1, 0.15) is 37.7 Å². The van der Waals surface area contributed by atoms with Crippen LogP contribution in [0.4, 0.5) is 0 Å². The summed E-state index contributed by atoms with van der Waals surface area (Å²) < 4.78 is 5.43. The lowest BCUT2D eigenvalue weighted by molar-refractivity contribution is -0.140. The molecule has 1 aliphatic rings. The minimum atomic E-state index is -0.993. The number of carboxylic acids is 1. The molecule has 0 saturated heterocycles. The first-order chi connectivity index (χ1) is 11.1. The lowest BCUT2D eigenvalue weighted by Crippen LogP contribution is -2.25. The van der Waals surface area contributed by atoms with Crippen molar-refractivity contribution in [3.05, 3.63) is 48.6 Å². The number of benzene rings is 1. The first-order valence-electron chi connectivity index (χ1n) is 7.92. The van der Waals surface area contributed by atoms with Crippen molar-refractivity contribution in [1.82, 2.24) is 0 Å². The van der Waals surface area contributed by atoms with Gasteiger partial charge >= 0.3 is 11.9 Å². The SMILES string of the molecule is C=CCC1CCC(C(=O)Oc2ccc(C=CC(=O)O)cc2)CC1. The van der Waals surface area contributed by atoms with E-state index in [2.05, 4.69) is 6.58 Å². The Bertz CT molecular complexity index is 578. The molecule has 0 heterocycles. The fourth-order valence-electron chi connectivity index (χ4n) is 2.88. The topological polar surface area (TPSA) is 63.6 Å². The number of carboxylic acid groups (broad SMARTS) is 1. The smallest absolute Gasteiger partial charge is 0.328 e. The molecule has 4 nitrogen and oxygen atoms in total. The second-order valence-electron chi connectivity index (χ2n) is 5.90. The molecule has 0 amide bonds. The highest BCUT2D eigenvalue weighted by Crippen LogP contribution is 2.32. The van der Waals surface area contributed by atoms with Crippen molar-refractivity contribution < 1.29 is 19.4 Å². The molecule has 0 atom stereocenters. The van der Waals surface area contributed by atoms with Crippen molar-refractivity contribution in [2.24, 2.45) is 11.8 Å². The van der Waals surface area contributed by atoms with Crippen molar-refractivity contribution in [3.8, 4) is 5.75 Å². The van der Waals surface area contributed by atoms with E-state index in [-0.39, 0.29) is 11.9 Å². The zero-order valence-corrected chi connectivity index (χ0v) is 13.1. The van der Waals surface area contributed by atoms with E-state index in [0.717, 1.165) is 43.7 Å². The molecule has 1 aromatic carbocycles. The van der Waals surface area contributed by atoms with Crippen molar-refractivity contribution in [1.29, 1.82) is 0 Å². The van der Waals surface area contributed by atoms with Gasteiger partial charge in [-0.3, -0.25) is 4.79 Å². The Balaban J connectivity index is 1.86. The second kappa shape index (κ2) is 8.32. The molecule has 1 aliphatic carbocycles. The van der Waals surface area contributed by atoms with Gasteiger partial charge in [0.2, 0.25) is 0 Å². The lowest BCUT2D eigenvalue weighted by atomic mass is 9.80. The van der Waals surface area contributed by atoms with Crippen LogP contribution in [0.25, 0.3) is 6.08 Å². The highest BCUT2D eigenvalue weighted by atomic mass is 16.5. The number of carbonyl (C=O) groups excluding carboxylic acids is 1. The van der Waals surface area contributed by atoms with Crippen molar-refractivity contribution in [3.63, 3.8) is 0 Å². The van der Waals surface area contributed by atoms with Crippen molar-refractivity contribution in [2.75, 3.05) is 0 Å². The minimum absolute atomic E-state index is 0.0253. The fraction of sp³-hybridized carbons (Fsp3) is 0.368. The van der Waals surface area contributed by atoms with Gasteiger partial charge in [0.25, 0.3) is 0 Å². The van der Waals surface area contributed by atoms with E-state index in [4.69, 9.17) is 9.84 Å². The summed E-state index contributed by atoms with van der Waals surface area (Å²) in [6.45, 7) is 3.77. The van der Waals surface area contributed by atoms with Gasteiger partial charge in [0.1, 0.15) is 5.75 Å². The van der Waals surface area contributed by atoms with Gasteiger partial charge in [-0.1, -0.05) is 18.2 Å². The summed E-state index contributed by atoms with van der Waals surface area (Å²) in [5, 5.41) is 8.58. The molecule has 0 bridgehead atoms. The Morgan fingerprint density at radius 2 is 1.83 bits per heavy atom. The third-order valence-electron chi connectivity index (χ3n) is 4.20. The van der Waals surface area contributed by atoms with Crippen LogP contribution in [-0.2, 0) is 9.59 Å². The van der Waals surface area contributed by atoms with Crippen LogP contribution >= 0.6 is 0 Å². The maximum atomic E-state index is 12.2. The predicted molar refractivity (Wildman–Crippen MR) is 89.0 cm³/mol. The zero-order chi connectivity index (χ0) is 16.7. The normalized spacial score (nSPS) is 21.0. The molecule has 0 aromatic heterocycles. The highest BCUT2D eigenvalue weighted by molar-refractivity contribution is 5.85. The van der Waals surface area contributed by atoms with E-state index < -0.39 is 5.97 Å². The number of allylic oxidation sites excluding steroid dienone is 1. The van der Waals surface area contributed by atoms with Crippen LogP contribution in [0.3, 0.4) is 0 Å². The standard InChI is InChI=1S/C19H22O4/c1-2-3-14-4-9-16(10-5-14)19(22)23-17-11-6-15(7-12-17)8-13-18(20)21/h2,6-8,11-14,16H,1,3-5,9-10H2,(H,20,21). The van der Waals surface area contributed by atoms with Gasteiger partial charge in [-0.2, -0.15) is 0 Å². The predicted octanol–water partition coefficient (Wildman–Crippen LogP) is 4.07. The summed E-state index contributed by atoms with van der Waals surface area (Å²) in [6, 6.07) is 6.82. The van der Waals surface area contributed by atoms with Crippen LogP contribution in [0.2, 0.25) is 0 Å². The first-order valence-corrected chi connectivity index (χ1v) is 7.92. The van der Waals surface area contributed by atoms with Gasteiger partial charge in [-0.15, -0.1) is 6.58 Å². The Hall–Kier alpha value is -2.36. The Morgan fingerprint density at radius 1 is 1.17 bits per heavy atom. The van der Waals surface area contributed by atoms with E-state index in [1.807, 2.05) is 6.08 Å². The van der Waals surface area contributed by atoms with Crippen LogP contribution in [0, 0.1) is 11.8 Å². The van der Waals surface area contributed by atoms with E-state index >= 15 is 0 Å². The maximum absolute atomic E-state index is 12.2. The van der Waals surface area contributed by atoms with Gasteiger partial charge < -0.3 is 9.84 Å². The monoisotopic (exact) mass is 314 g/mol. The number of hydrogen-bond acceptors (Lipinski definition) is 3. The molecule has 1 saturated carbocycles. The number of rotatable bonds is 6. The summed E-state index contributed by atoms with van der Waals surface area (Å²) in [5.41, 5.74) is 0.747. The van der Waals surface area contributed by atoms with Crippen LogP contribution in [0.5, 0.6) is 5.75 Å². The Labute approximate surface area is 136 Å². The molecule has 0 aliphatic heterocycles. The fourth-order valence-corrected chi connectivity index (χ4v) is 2.88. The third-order valence-corrected chi connectivity index (χ3v) is 4.20. The average molecular weight is 314 g/mol. The van der Waals surface area contributed by atoms with Gasteiger partial charge in [0, 0.05) is 6.08 Å². The molecule has 2 rings (SSSR count). The van der Waals surface area contributed by atoms with Gasteiger partial charge in [0.15, 0.2) is 0 Å². The lowest BCUT2D eigenvalue weighted by Gasteiger charge is -2.26. The molecule has 4 heteroatoms. The average Bonchev–Trinajstić information content (AvgIpc) is 2.55. The Morgan fingerprint density at radius 3 is 2.39 bits per heavy atom. The van der Waals surface area contributed by atoms with Gasteiger partial charge in [0.05, 0.1) is 5.92 Å². The van der Waals surface area contributed by atoms with Gasteiger partial charge in [-0.25, -0.2) is 4.79 Å². The first kappa shape index (κ1) is 17.0. The molecular weight excluding hydrogens is 292 g/mol. The molecule has 1 aromatic rings. The van der Waals surface area contributed by atoms with Crippen molar-refractivity contribution in [2.45, 2.75) is 32.1 Å². The van der Waals surface area contributed by atoms with E-state index in [1.165, 1.54) is 6.08 Å². The number of carbonyl (C=O) groups is 2. The van der Waals surface area contributed by atoms with Crippen molar-refractivity contribution >= 4 is 18.0 Å². The second-order valence-corrected chi connectivity index (χ2v) is 5.90. The molecule has 0 unspecified atom stereocenters. The number of esters is 1. The van der Waals surface area contributed by atoms with E-state index in [9.17, 15) is 9.59 Å². The summed E-state index contributed by atoms with van der Waals surface area (Å²) in [6.07, 6.45) is 9.37. The van der Waals surface area contributed by atoms with E-state index in [0.29, 0.717) is 11.7 Å². The minimum Gasteiger partial charge on any atom is -0.478 e. The quantitative estimate of drug-likeness (QED) is 0.372. The van der Waals surface area contributed by atoms with E-state index in [1.54, 1.807) is 24.3 Å². The third kappa shape index (κ3) is 5.40. The summed E-state index contributed by atoms with van der Waals surface area (Å²) >= 11 is 0. The Kier molecular flexibility index (Phi) is 6.15. The summed E-state index contributed by atoms with van der Waals surface area (Å²) in [5.74, 6) is -0.0429. The molecule has 1 N–H and O–H groups in total. The molecular formula is C19H22O4. The van der Waals surface area contributed by atoms with Gasteiger partial charge in [-0.05, 0) is 61.8 Å². The zero-order valence-electron chi connectivity index (χ0n) is 13.1. The highest BCUT2D eigenvalue weighted by Gasteiger charge is 2.27. The molecule has 0 spiro atoms. The van der Waals surface area contributed by atoms with Crippen LogP contribution in [-0.4, -0.2) is 17.0 Å². The molecule has 1 fully saturated rings. The molecule has 0 radical (unpaired) electrons. The number of ether oxygens (including phenoxy) is 1. The largest absolute Gasteiger partial charge is 0.478 e. The maximum Gasteiger partial charge on any atom is 0.328 e. The molecule has 23 heavy (non-hydrogen) atoms. The molecule has 122 valence electrons. The van der Waals surface area contributed by atoms with Crippen LogP contribution in [0.15, 0.2) is 43.0 Å². The summed E-state index contributed by atoms with van der Waals surface area (Å²) in [4.78, 5) is 22.7. The number of aliphatic carboxylic acids is 1. The van der Waals surface area contributed by atoms with Crippen LogP contribution < -0.4 is 4.74 Å². The summed E-state index contributed by atoms with van der Waals surface area (Å²) in [7, 11) is 0.